The Balaban J connectivity index is 2.82. The number of aliphatic hydroxyl groups is 1. The zero-order valence-electron chi connectivity index (χ0n) is 9.66. The van der Waals surface area contributed by atoms with Crippen molar-refractivity contribution in [2.75, 3.05) is 12.4 Å². The average molecular weight is 238 g/mol. The van der Waals surface area contributed by atoms with Gasteiger partial charge in [-0.2, -0.15) is 0 Å². The number of aryl methyl sites for hydroxylation is 1. The predicted octanol–water partition coefficient (Wildman–Crippen LogP) is 2.00. The molecule has 0 aromatic heterocycles. The number of aliphatic hydroxyl groups excluding tert-OH is 1. The summed E-state index contributed by atoms with van der Waals surface area (Å²) in [6.45, 7) is 4.17. The van der Waals surface area contributed by atoms with Gasteiger partial charge in [-0.25, -0.2) is 0 Å². The van der Waals surface area contributed by atoms with E-state index < -0.39 is 0 Å². The monoisotopic (exact) mass is 238 g/mol. The molecule has 0 aliphatic heterocycles. The zero-order valence-corrected chi connectivity index (χ0v) is 10.5. The molecule has 0 heterocycles. The number of nitrogens with one attached hydrogen (secondary N) is 1. The van der Waals surface area contributed by atoms with E-state index in [4.69, 9.17) is 16.2 Å². The quantitative estimate of drug-likeness (QED) is 0.417. The summed E-state index contributed by atoms with van der Waals surface area (Å²) in [5.41, 5.74) is 7.43. The standard InChI is InChI=1S/C12H18N2OS/c1-8-3-4-11(10(5-8)12(13)14)16-7-9(2)6-15/h3-5,9,15H,6-7H2,1-2H3,(H3,13,14). The maximum absolute atomic E-state index is 8.96. The Morgan fingerprint density at radius 2 is 2.25 bits per heavy atom. The van der Waals surface area contributed by atoms with Crippen LogP contribution in [0.3, 0.4) is 0 Å². The highest BCUT2D eigenvalue weighted by Gasteiger charge is 2.08. The van der Waals surface area contributed by atoms with E-state index in [9.17, 15) is 0 Å². The van der Waals surface area contributed by atoms with Gasteiger partial charge in [-0.15, -0.1) is 11.8 Å². The van der Waals surface area contributed by atoms with E-state index >= 15 is 0 Å². The number of hydrogen-bond donors (Lipinski definition) is 3. The smallest absolute Gasteiger partial charge is 0.123 e. The molecule has 4 heteroatoms. The Kier molecular flexibility index (Phi) is 4.83. The molecule has 0 saturated heterocycles. The molecule has 1 unspecified atom stereocenters. The van der Waals surface area contributed by atoms with Crippen LogP contribution in [0.25, 0.3) is 0 Å². The minimum absolute atomic E-state index is 0.0999. The lowest BCUT2D eigenvalue weighted by molar-refractivity contribution is 0.250. The fourth-order valence-corrected chi connectivity index (χ4v) is 2.32. The molecule has 1 aromatic rings. The summed E-state index contributed by atoms with van der Waals surface area (Å²) in [6.07, 6.45) is 0. The van der Waals surface area contributed by atoms with Gasteiger partial charge in [0.05, 0.1) is 0 Å². The Morgan fingerprint density at radius 1 is 1.56 bits per heavy atom. The summed E-state index contributed by atoms with van der Waals surface area (Å²) < 4.78 is 0. The number of benzene rings is 1. The van der Waals surface area contributed by atoms with Gasteiger partial charge in [0.2, 0.25) is 0 Å². The molecule has 0 bridgehead atoms. The predicted molar refractivity (Wildman–Crippen MR) is 69.2 cm³/mol. The summed E-state index contributed by atoms with van der Waals surface area (Å²) in [7, 11) is 0. The SMILES string of the molecule is Cc1ccc(SCC(C)CO)c(C(=N)N)c1. The molecule has 88 valence electrons. The van der Waals surface area contributed by atoms with Crippen molar-refractivity contribution in [1.29, 1.82) is 5.41 Å². The van der Waals surface area contributed by atoms with Crippen LogP contribution >= 0.6 is 11.8 Å². The fourth-order valence-electron chi connectivity index (χ4n) is 1.26. The first-order valence-electron chi connectivity index (χ1n) is 5.23. The van der Waals surface area contributed by atoms with Gasteiger partial charge in [0.25, 0.3) is 0 Å². The highest BCUT2D eigenvalue weighted by molar-refractivity contribution is 7.99. The van der Waals surface area contributed by atoms with Gasteiger partial charge in [-0.3, -0.25) is 5.41 Å². The Morgan fingerprint density at radius 3 is 2.81 bits per heavy atom. The van der Waals surface area contributed by atoms with Crippen molar-refractivity contribution in [1.82, 2.24) is 0 Å². The maximum atomic E-state index is 8.96. The van der Waals surface area contributed by atoms with Crippen LogP contribution in [0.4, 0.5) is 0 Å². The van der Waals surface area contributed by atoms with Crippen LogP contribution in [-0.4, -0.2) is 23.3 Å². The fraction of sp³-hybridized carbons (Fsp3) is 0.417. The van der Waals surface area contributed by atoms with E-state index in [0.717, 1.165) is 21.8 Å². The van der Waals surface area contributed by atoms with Crippen molar-refractivity contribution < 1.29 is 5.11 Å². The molecule has 0 amide bonds. The van der Waals surface area contributed by atoms with Crippen molar-refractivity contribution in [2.24, 2.45) is 11.7 Å². The van der Waals surface area contributed by atoms with Crippen molar-refractivity contribution in [3.8, 4) is 0 Å². The van der Waals surface area contributed by atoms with Crippen molar-refractivity contribution in [3.63, 3.8) is 0 Å². The van der Waals surface area contributed by atoms with Gasteiger partial charge in [-0.1, -0.05) is 18.6 Å². The van der Waals surface area contributed by atoms with Crippen molar-refractivity contribution >= 4 is 17.6 Å². The molecule has 0 spiro atoms. The second kappa shape index (κ2) is 5.92. The summed E-state index contributed by atoms with van der Waals surface area (Å²) >= 11 is 1.64. The average Bonchev–Trinajstić information content (AvgIpc) is 2.26. The van der Waals surface area contributed by atoms with Crippen molar-refractivity contribution in [2.45, 2.75) is 18.7 Å². The molecule has 0 aliphatic rings. The molecule has 0 fully saturated rings. The molecule has 0 aliphatic carbocycles. The molecule has 1 rings (SSSR count). The van der Waals surface area contributed by atoms with Gasteiger partial charge in [0.1, 0.15) is 5.84 Å². The van der Waals surface area contributed by atoms with E-state index in [1.54, 1.807) is 11.8 Å². The molecular formula is C12H18N2OS. The lowest BCUT2D eigenvalue weighted by Crippen LogP contribution is -2.13. The lowest BCUT2D eigenvalue weighted by Gasteiger charge is -2.11. The molecule has 4 N–H and O–H groups in total. The summed E-state index contributed by atoms with van der Waals surface area (Å²) in [5.74, 6) is 1.19. The summed E-state index contributed by atoms with van der Waals surface area (Å²) in [5, 5.41) is 16.5. The molecule has 1 atom stereocenters. The highest BCUT2D eigenvalue weighted by atomic mass is 32.2. The first-order valence-corrected chi connectivity index (χ1v) is 6.22. The molecule has 0 radical (unpaired) electrons. The topological polar surface area (TPSA) is 70.1 Å². The van der Waals surface area contributed by atoms with Gasteiger partial charge < -0.3 is 10.8 Å². The molecule has 1 aromatic carbocycles. The minimum Gasteiger partial charge on any atom is -0.396 e. The second-order valence-corrected chi connectivity index (χ2v) is 5.07. The maximum Gasteiger partial charge on any atom is 0.123 e. The van der Waals surface area contributed by atoms with E-state index in [-0.39, 0.29) is 18.4 Å². The number of rotatable bonds is 5. The largest absolute Gasteiger partial charge is 0.396 e. The molecule has 0 saturated carbocycles. The highest BCUT2D eigenvalue weighted by Crippen LogP contribution is 2.25. The lowest BCUT2D eigenvalue weighted by atomic mass is 10.1. The normalized spacial score (nSPS) is 12.4. The van der Waals surface area contributed by atoms with Gasteiger partial charge in [0.15, 0.2) is 0 Å². The molecule has 3 nitrogen and oxygen atoms in total. The van der Waals surface area contributed by atoms with E-state index in [1.165, 1.54) is 0 Å². The van der Waals surface area contributed by atoms with E-state index in [0.29, 0.717) is 0 Å². The van der Waals surface area contributed by atoms with Crippen LogP contribution in [-0.2, 0) is 0 Å². The van der Waals surface area contributed by atoms with Crippen LogP contribution in [0.1, 0.15) is 18.1 Å². The first kappa shape index (κ1) is 13.1. The van der Waals surface area contributed by atoms with E-state index in [1.807, 2.05) is 32.0 Å². The first-order chi connectivity index (χ1) is 7.54. The number of thioether (sulfide) groups is 1. The Bertz CT molecular complexity index is 379. The summed E-state index contributed by atoms with van der Waals surface area (Å²) in [6, 6.07) is 5.92. The Hall–Kier alpha value is -1.00. The molecule has 16 heavy (non-hydrogen) atoms. The Labute approximate surface area is 101 Å². The van der Waals surface area contributed by atoms with Gasteiger partial charge in [-0.05, 0) is 25.0 Å². The van der Waals surface area contributed by atoms with Crippen LogP contribution in [0.15, 0.2) is 23.1 Å². The number of amidine groups is 1. The zero-order chi connectivity index (χ0) is 12.1. The van der Waals surface area contributed by atoms with Crippen molar-refractivity contribution in [3.05, 3.63) is 29.3 Å². The number of nitrogens with two attached hydrogens (primary N) is 1. The van der Waals surface area contributed by atoms with Crippen LogP contribution < -0.4 is 5.73 Å². The number of nitrogen functional groups attached to an aromatic ring is 1. The third-order valence-corrected chi connectivity index (χ3v) is 3.66. The minimum atomic E-state index is 0.0999. The second-order valence-electron chi connectivity index (χ2n) is 4.01. The molecular weight excluding hydrogens is 220 g/mol. The van der Waals surface area contributed by atoms with Crippen LogP contribution in [0, 0.1) is 18.3 Å². The van der Waals surface area contributed by atoms with Crippen LogP contribution in [0.5, 0.6) is 0 Å². The van der Waals surface area contributed by atoms with Gasteiger partial charge >= 0.3 is 0 Å². The van der Waals surface area contributed by atoms with Gasteiger partial charge in [0, 0.05) is 22.8 Å². The van der Waals surface area contributed by atoms with E-state index in [2.05, 4.69) is 0 Å². The van der Waals surface area contributed by atoms with Crippen LogP contribution in [0.2, 0.25) is 0 Å². The number of hydrogen-bond acceptors (Lipinski definition) is 3. The summed E-state index contributed by atoms with van der Waals surface area (Å²) in [4.78, 5) is 1.01. The third-order valence-electron chi connectivity index (χ3n) is 2.26. The third kappa shape index (κ3) is 3.54.